The number of benzene rings is 2. The van der Waals surface area contributed by atoms with Gasteiger partial charge in [0.05, 0.1) is 19.1 Å². The van der Waals surface area contributed by atoms with Crippen molar-refractivity contribution in [3.05, 3.63) is 70.6 Å². The summed E-state index contributed by atoms with van der Waals surface area (Å²) in [5.41, 5.74) is 5.29. The normalized spacial score (nSPS) is 12.1. The van der Waals surface area contributed by atoms with Crippen molar-refractivity contribution >= 4 is 12.1 Å². The standard InChI is InChI=1S/C31H42FNO4/c1-9-11-12-13-14-23-16-20(3)15-21(4)28(23)24-17-22(5)29(32)25(18-24)26(19-27(34)36-10-2)33-30(35)37-31(6,7)8/h9,15-18,26H,1,10-14,19H2,2-8H3,(H,33,35)/t26-/m0/s1. The number of nitrogens with one attached hydrogen (secondary N) is 1. The van der Waals surface area contributed by atoms with E-state index in [1.165, 1.54) is 11.1 Å². The molecular weight excluding hydrogens is 469 g/mol. The van der Waals surface area contributed by atoms with E-state index in [4.69, 9.17) is 9.47 Å². The Morgan fingerprint density at radius 1 is 1.08 bits per heavy atom. The quantitative estimate of drug-likeness (QED) is 0.190. The number of allylic oxidation sites excluding steroid dienone is 1. The Balaban J connectivity index is 2.58. The largest absolute Gasteiger partial charge is 0.466 e. The van der Waals surface area contributed by atoms with E-state index in [2.05, 4.69) is 37.9 Å². The van der Waals surface area contributed by atoms with Crippen LogP contribution in [0.5, 0.6) is 0 Å². The summed E-state index contributed by atoms with van der Waals surface area (Å²) in [5.74, 6) is -0.994. The summed E-state index contributed by atoms with van der Waals surface area (Å²) in [4.78, 5) is 25.1. The van der Waals surface area contributed by atoms with Gasteiger partial charge in [-0.05, 0) is 114 Å². The molecule has 0 aromatic heterocycles. The molecular formula is C31H42FNO4. The number of carbonyl (C=O) groups is 2. The van der Waals surface area contributed by atoms with Gasteiger partial charge in [0.25, 0.3) is 0 Å². The molecule has 1 amide bonds. The van der Waals surface area contributed by atoms with E-state index in [-0.39, 0.29) is 18.6 Å². The molecule has 0 aliphatic carbocycles. The van der Waals surface area contributed by atoms with Crippen LogP contribution in [-0.4, -0.2) is 24.3 Å². The Morgan fingerprint density at radius 3 is 2.41 bits per heavy atom. The van der Waals surface area contributed by atoms with Crippen LogP contribution in [0.1, 0.15) is 87.2 Å². The number of halogens is 1. The van der Waals surface area contributed by atoms with Crippen LogP contribution in [-0.2, 0) is 20.7 Å². The molecule has 0 unspecified atom stereocenters. The smallest absolute Gasteiger partial charge is 0.408 e. The summed E-state index contributed by atoms with van der Waals surface area (Å²) < 4.78 is 26.1. The van der Waals surface area contributed by atoms with E-state index in [0.29, 0.717) is 5.56 Å². The average molecular weight is 512 g/mol. The highest BCUT2D eigenvalue weighted by atomic mass is 19.1. The molecule has 0 fully saturated rings. The highest BCUT2D eigenvalue weighted by Gasteiger charge is 2.27. The molecule has 0 heterocycles. The molecule has 1 N–H and O–H groups in total. The first-order chi connectivity index (χ1) is 17.4. The van der Waals surface area contributed by atoms with Gasteiger partial charge in [0.2, 0.25) is 0 Å². The van der Waals surface area contributed by atoms with E-state index in [0.717, 1.165) is 42.4 Å². The van der Waals surface area contributed by atoms with Crippen LogP contribution >= 0.6 is 0 Å². The van der Waals surface area contributed by atoms with Crippen molar-refractivity contribution < 1.29 is 23.5 Å². The zero-order chi connectivity index (χ0) is 27.8. The van der Waals surface area contributed by atoms with Crippen molar-refractivity contribution in [1.29, 1.82) is 0 Å². The van der Waals surface area contributed by atoms with E-state index in [9.17, 15) is 9.59 Å². The number of rotatable bonds is 11. The molecule has 0 bridgehead atoms. The van der Waals surface area contributed by atoms with Crippen LogP contribution in [0.15, 0.2) is 36.9 Å². The van der Waals surface area contributed by atoms with Crippen molar-refractivity contribution in [3.8, 4) is 11.1 Å². The molecule has 0 radical (unpaired) electrons. The van der Waals surface area contributed by atoms with Gasteiger partial charge in [-0.15, -0.1) is 6.58 Å². The summed E-state index contributed by atoms with van der Waals surface area (Å²) in [5, 5.41) is 2.70. The van der Waals surface area contributed by atoms with Gasteiger partial charge in [-0.1, -0.05) is 23.8 Å². The molecule has 202 valence electrons. The number of aryl methyl sites for hydroxylation is 4. The molecule has 2 aromatic rings. The third-order valence-electron chi connectivity index (χ3n) is 5.98. The summed E-state index contributed by atoms with van der Waals surface area (Å²) >= 11 is 0. The summed E-state index contributed by atoms with van der Waals surface area (Å²) in [6.07, 6.45) is 4.91. The lowest BCUT2D eigenvalue weighted by atomic mass is 9.87. The van der Waals surface area contributed by atoms with Crippen molar-refractivity contribution in [1.82, 2.24) is 5.32 Å². The number of alkyl carbamates (subject to hydrolysis) is 1. The van der Waals surface area contributed by atoms with Crippen molar-refractivity contribution in [2.45, 2.75) is 92.2 Å². The minimum absolute atomic E-state index is 0.192. The van der Waals surface area contributed by atoms with Crippen molar-refractivity contribution in [2.24, 2.45) is 0 Å². The summed E-state index contributed by atoms with van der Waals surface area (Å²) in [6, 6.07) is 6.93. The Hall–Kier alpha value is -3.15. The van der Waals surface area contributed by atoms with Gasteiger partial charge in [0, 0.05) is 5.56 Å². The predicted molar refractivity (Wildman–Crippen MR) is 147 cm³/mol. The monoisotopic (exact) mass is 511 g/mol. The van der Waals surface area contributed by atoms with E-state index >= 15 is 4.39 Å². The molecule has 0 aliphatic heterocycles. The molecule has 0 saturated heterocycles. The van der Waals surface area contributed by atoms with Gasteiger partial charge in [0.15, 0.2) is 0 Å². The van der Waals surface area contributed by atoms with Crippen LogP contribution in [0.2, 0.25) is 0 Å². The molecule has 0 spiro atoms. The lowest BCUT2D eigenvalue weighted by Gasteiger charge is -2.25. The molecule has 0 saturated carbocycles. The number of amides is 1. The highest BCUT2D eigenvalue weighted by molar-refractivity contribution is 5.76. The van der Waals surface area contributed by atoms with Crippen LogP contribution in [0.25, 0.3) is 11.1 Å². The Kier molecular flexibility index (Phi) is 10.9. The topological polar surface area (TPSA) is 64.6 Å². The van der Waals surface area contributed by atoms with E-state index in [1.54, 1.807) is 40.7 Å². The van der Waals surface area contributed by atoms with Gasteiger partial charge in [-0.2, -0.15) is 0 Å². The summed E-state index contributed by atoms with van der Waals surface area (Å²) in [7, 11) is 0. The maximum absolute atomic E-state index is 15.6. The fourth-order valence-electron chi connectivity index (χ4n) is 4.54. The Labute approximate surface area is 221 Å². The molecule has 5 nitrogen and oxygen atoms in total. The van der Waals surface area contributed by atoms with Crippen LogP contribution in [0.3, 0.4) is 0 Å². The zero-order valence-electron chi connectivity index (χ0n) is 23.4. The molecule has 6 heteroatoms. The van der Waals surface area contributed by atoms with Crippen molar-refractivity contribution in [2.75, 3.05) is 6.61 Å². The minimum Gasteiger partial charge on any atom is -0.466 e. The SMILES string of the molecule is C=CCCCCc1cc(C)cc(C)c1-c1cc(C)c(F)c([C@H](CC(=O)OCC)NC(=O)OC(C)(C)C)c1. The van der Waals surface area contributed by atoms with Crippen LogP contribution in [0, 0.1) is 26.6 Å². The van der Waals surface area contributed by atoms with Gasteiger partial charge < -0.3 is 14.8 Å². The second kappa shape index (κ2) is 13.4. The molecule has 1 atom stereocenters. The number of ether oxygens (including phenoxy) is 2. The maximum atomic E-state index is 15.6. The van der Waals surface area contributed by atoms with Crippen LogP contribution < -0.4 is 5.32 Å². The molecule has 2 rings (SSSR count). The number of hydrogen-bond donors (Lipinski definition) is 1. The Bertz CT molecular complexity index is 1120. The first-order valence-electron chi connectivity index (χ1n) is 13.0. The first kappa shape index (κ1) is 30.1. The van der Waals surface area contributed by atoms with Gasteiger partial charge >= 0.3 is 12.1 Å². The number of carbonyl (C=O) groups excluding carboxylic acids is 2. The maximum Gasteiger partial charge on any atom is 0.408 e. The third kappa shape index (κ3) is 9.03. The zero-order valence-corrected chi connectivity index (χ0v) is 23.4. The number of unbranched alkanes of at least 4 members (excludes halogenated alkanes) is 2. The van der Waals surface area contributed by atoms with E-state index in [1.807, 2.05) is 12.1 Å². The predicted octanol–water partition coefficient (Wildman–Crippen LogP) is 7.84. The van der Waals surface area contributed by atoms with Crippen LogP contribution in [0.4, 0.5) is 9.18 Å². The van der Waals surface area contributed by atoms with E-state index < -0.39 is 29.5 Å². The van der Waals surface area contributed by atoms with Gasteiger partial charge in [0.1, 0.15) is 11.4 Å². The lowest BCUT2D eigenvalue weighted by molar-refractivity contribution is -0.143. The number of hydrogen-bond acceptors (Lipinski definition) is 4. The highest BCUT2D eigenvalue weighted by Crippen LogP contribution is 2.35. The summed E-state index contributed by atoms with van der Waals surface area (Å²) in [6.45, 7) is 16.8. The van der Waals surface area contributed by atoms with Gasteiger partial charge in [-0.3, -0.25) is 4.79 Å². The lowest BCUT2D eigenvalue weighted by Crippen LogP contribution is -2.36. The number of esters is 1. The van der Waals surface area contributed by atoms with Crippen molar-refractivity contribution in [3.63, 3.8) is 0 Å². The fourth-order valence-corrected chi connectivity index (χ4v) is 4.54. The third-order valence-corrected chi connectivity index (χ3v) is 5.98. The molecule has 0 aliphatic rings. The van der Waals surface area contributed by atoms with Gasteiger partial charge in [-0.25, -0.2) is 9.18 Å². The minimum atomic E-state index is -0.950. The molecule has 37 heavy (non-hydrogen) atoms. The fraction of sp³-hybridized carbons (Fsp3) is 0.484. The average Bonchev–Trinajstić information content (AvgIpc) is 2.77. The second-order valence-electron chi connectivity index (χ2n) is 10.6. The second-order valence-corrected chi connectivity index (χ2v) is 10.6. The first-order valence-corrected chi connectivity index (χ1v) is 13.0. The Morgan fingerprint density at radius 2 is 1.78 bits per heavy atom. The molecule has 2 aromatic carbocycles.